The fourth-order valence-electron chi connectivity index (χ4n) is 1.88. The fraction of sp³-hybridized carbons (Fsp3) is 0.188. The van der Waals surface area contributed by atoms with Crippen molar-refractivity contribution >= 4 is 5.97 Å². The van der Waals surface area contributed by atoms with Crippen molar-refractivity contribution in [2.24, 2.45) is 0 Å². The normalized spacial score (nSPS) is 10.1. The number of carbonyl (C=O) groups excluding carboxylic acids is 1. The minimum atomic E-state index is -0.454. The highest BCUT2D eigenvalue weighted by Gasteiger charge is 2.15. The van der Waals surface area contributed by atoms with Crippen molar-refractivity contribution in [1.82, 2.24) is 0 Å². The summed E-state index contributed by atoms with van der Waals surface area (Å²) in [6, 6.07) is 8.83. The number of halogens is 1. The van der Waals surface area contributed by atoms with E-state index in [0.29, 0.717) is 28.4 Å². The molecule has 5 heteroatoms. The van der Waals surface area contributed by atoms with E-state index >= 15 is 0 Å². The first-order chi connectivity index (χ1) is 10.0. The second-order valence-electron chi connectivity index (χ2n) is 4.37. The van der Waals surface area contributed by atoms with Crippen molar-refractivity contribution in [3.05, 3.63) is 53.3 Å². The number of hydrogen-bond acceptors (Lipinski definition) is 4. The zero-order valence-corrected chi connectivity index (χ0v) is 12.0. The van der Waals surface area contributed by atoms with Crippen molar-refractivity contribution in [3.8, 4) is 17.2 Å². The van der Waals surface area contributed by atoms with Gasteiger partial charge in [0.25, 0.3) is 0 Å². The molecule has 0 aromatic heterocycles. The Hall–Kier alpha value is -2.56. The Morgan fingerprint density at radius 1 is 1.10 bits per heavy atom. The summed E-state index contributed by atoms with van der Waals surface area (Å²) >= 11 is 0. The molecule has 2 rings (SSSR count). The van der Waals surface area contributed by atoms with Gasteiger partial charge in [-0.05, 0) is 48.9 Å². The number of carbonyl (C=O) groups is 1. The quantitative estimate of drug-likeness (QED) is 0.805. The molecule has 0 spiro atoms. The third-order valence-corrected chi connectivity index (χ3v) is 2.92. The second kappa shape index (κ2) is 6.26. The van der Waals surface area contributed by atoms with Crippen LogP contribution in [0, 0.1) is 12.7 Å². The minimum Gasteiger partial charge on any atom is -0.493 e. The lowest BCUT2D eigenvalue weighted by atomic mass is 10.1. The van der Waals surface area contributed by atoms with Gasteiger partial charge >= 0.3 is 5.97 Å². The second-order valence-corrected chi connectivity index (χ2v) is 4.37. The van der Waals surface area contributed by atoms with Crippen LogP contribution in [0.4, 0.5) is 4.39 Å². The molecule has 0 heterocycles. The molecule has 0 atom stereocenters. The van der Waals surface area contributed by atoms with Crippen LogP contribution in [0.1, 0.15) is 15.9 Å². The number of methoxy groups -OCH3 is 2. The van der Waals surface area contributed by atoms with Gasteiger partial charge in [-0.3, -0.25) is 0 Å². The van der Waals surface area contributed by atoms with E-state index in [0.717, 1.165) is 0 Å². The van der Waals surface area contributed by atoms with Crippen molar-refractivity contribution < 1.29 is 23.4 Å². The van der Waals surface area contributed by atoms with E-state index < -0.39 is 5.97 Å². The average Bonchev–Trinajstić information content (AvgIpc) is 2.50. The SMILES string of the molecule is COC(=O)c1cc(C)c(Oc2ccc(F)cc2)c(OC)c1. The Bertz CT molecular complexity index is 650. The zero-order chi connectivity index (χ0) is 15.4. The molecular formula is C16H15FO4. The summed E-state index contributed by atoms with van der Waals surface area (Å²) in [4.78, 5) is 11.6. The van der Waals surface area contributed by atoms with E-state index in [1.54, 1.807) is 13.0 Å². The van der Waals surface area contributed by atoms with Gasteiger partial charge < -0.3 is 14.2 Å². The Morgan fingerprint density at radius 3 is 2.33 bits per heavy atom. The Morgan fingerprint density at radius 2 is 1.76 bits per heavy atom. The van der Waals surface area contributed by atoms with Crippen LogP contribution in [0.25, 0.3) is 0 Å². The van der Waals surface area contributed by atoms with Crippen LogP contribution in [0.2, 0.25) is 0 Å². The smallest absolute Gasteiger partial charge is 0.337 e. The topological polar surface area (TPSA) is 44.8 Å². The lowest BCUT2D eigenvalue weighted by molar-refractivity contribution is 0.0600. The van der Waals surface area contributed by atoms with Gasteiger partial charge in [-0.15, -0.1) is 0 Å². The van der Waals surface area contributed by atoms with Crippen LogP contribution < -0.4 is 9.47 Å². The highest BCUT2D eigenvalue weighted by Crippen LogP contribution is 2.36. The number of rotatable bonds is 4. The molecule has 4 nitrogen and oxygen atoms in total. The van der Waals surface area contributed by atoms with Crippen molar-refractivity contribution in [2.75, 3.05) is 14.2 Å². The highest BCUT2D eigenvalue weighted by atomic mass is 19.1. The largest absolute Gasteiger partial charge is 0.493 e. The zero-order valence-electron chi connectivity index (χ0n) is 12.0. The number of benzene rings is 2. The van der Waals surface area contributed by atoms with Crippen LogP contribution in [-0.2, 0) is 4.74 Å². The van der Waals surface area contributed by atoms with E-state index in [4.69, 9.17) is 9.47 Å². The molecule has 0 N–H and O–H groups in total. The van der Waals surface area contributed by atoms with Gasteiger partial charge in [0.05, 0.1) is 19.8 Å². The van der Waals surface area contributed by atoms with Crippen LogP contribution in [0.3, 0.4) is 0 Å². The van der Waals surface area contributed by atoms with Crippen molar-refractivity contribution in [2.45, 2.75) is 6.92 Å². The molecule has 0 fully saturated rings. The summed E-state index contributed by atoms with van der Waals surface area (Å²) in [6.45, 7) is 1.79. The van der Waals surface area contributed by atoms with E-state index in [9.17, 15) is 9.18 Å². The van der Waals surface area contributed by atoms with E-state index in [1.165, 1.54) is 44.6 Å². The molecule has 0 unspecified atom stereocenters. The summed E-state index contributed by atoms with van der Waals surface area (Å²) in [5, 5.41) is 0. The Labute approximate surface area is 122 Å². The highest BCUT2D eigenvalue weighted by molar-refractivity contribution is 5.90. The van der Waals surface area contributed by atoms with Gasteiger partial charge in [-0.2, -0.15) is 0 Å². The lowest BCUT2D eigenvalue weighted by Crippen LogP contribution is -2.03. The van der Waals surface area contributed by atoms with E-state index in [2.05, 4.69) is 4.74 Å². The predicted octanol–water partition coefficient (Wildman–Crippen LogP) is 3.72. The maximum atomic E-state index is 12.9. The fourth-order valence-corrected chi connectivity index (χ4v) is 1.88. The van der Waals surface area contributed by atoms with Gasteiger partial charge in [0.2, 0.25) is 0 Å². The number of esters is 1. The van der Waals surface area contributed by atoms with Gasteiger partial charge in [-0.25, -0.2) is 9.18 Å². The van der Waals surface area contributed by atoms with Crippen LogP contribution in [0.15, 0.2) is 36.4 Å². The molecule has 0 aliphatic carbocycles. The van der Waals surface area contributed by atoms with Gasteiger partial charge in [0, 0.05) is 0 Å². The lowest BCUT2D eigenvalue weighted by Gasteiger charge is -2.14. The van der Waals surface area contributed by atoms with Gasteiger partial charge in [-0.1, -0.05) is 0 Å². The summed E-state index contributed by atoms with van der Waals surface area (Å²) in [5.41, 5.74) is 1.08. The van der Waals surface area contributed by atoms with Crippen LogP contribution >= 0.6 is 0 Å². The summed E-state index contributed by atoms with van der Waals surface area (Å²) in [7, 11) is 2.79. The summed E-state index contributed by atoms with van der Waals surface area (Å²) in [6.07, 6.45) is 0. The number of hydrogen-bond donors (Lipinski definition) is 0. The molecule has 0 aliphatic heterocycles. The average molecular weight is 290 g/mol. The molecule has 2 aromatic carbocycles. The van der Waals surface area contributed by atoms with Crippen molar-refractivity contribution in [1.29, 1.82) is 0 Å². The van der Waals surface area contributed by atoms with E-state index in [1.807, 2.05) is 0 Å². The molecule has 110 valence electrons. The molecule has 2 aromatic rings. The standard InChI is InChI=1S/C16H15FO4/c1-10-8-11(16(18)20-3)9-14(19-2)15(10)21-13-6-4-12(17)5-7-13/h4-9H,1-3H3. The minimum absolute atomic E-state index is 0.341. The molecular weight excluding hydrogens is 275 g/mol. The first kappa shape index (κ1) is 14.8. The molecule has 0 bridgehead atoms. The van der Waals surface area contributed by atoms with Crippen LogP contribution in [-0.4, -0.2) is 20.2 Å². The molecule has 0 radical (unpaired) electrons. The van der Waals surface area contributed by atoms with Crippen molar-refractivity contribution in [3.63, 3.8) is 0 Å². The maximum Gasteiger partial charge on any atom is 0.337 e. The van der Waals surface area contributed by atoms with Crippen LogP contribution in [0.5, 0.6) is 17.2 Å². The molecule has 21 heavy (non-hydrogen) atoms. The number of aryl methyl sites for hydroxylation is 1. The maximum absolute atomic E-state index is 12.9. The Balaban J connectivity index is 2.39. The van der Waals surface area contributed by atoms with E-state index in [-0.39, 0.29) is 5.82 Å². The predicted molar refractivity (Wildman–Crippen MR) is 75.5 cm³/mol. The molecule has 0 aliphatic rings. The summed E-state index contributed by atoms with van der Waals surface area (Å²) < 4.78 is 28.5. The van der Waals surface area contributed by atoms with Gasteiger partial charge in [0.15, 0.2) is 11.5 Å². The monoisotopic (exact) mass is 290 g/mol. The molecule has 0 saturated carbocycles. The first-order valence-electron chi connectivity index (χ1n) is 6.25. The molecule has 0 saturated heterocycles. The first-order valence-corrected chi connectivity index (χ1v) is 6.25. The number of ether oxygens (including phenoxy) is 3. The Kier molecular flexibility index (Phi) is 4.42. The summed E-state index contributed by atoms with van der Waals surface area (Å²) in [5.74, 6) is 0.553. The van der Waals surface area contributed by atoms with Gasteiger partial charge in [0.1, 0.15) is 11.6 Å². The third-order valence-electron chi connectivity index (χ3n) is 2.92. The third kappa shape index (κ3) is 3.31. The molecule has 0 amide bonds.